The number of rotatable bonds is 4. The van der Waals surface area contributed by atoms with Crippen molar-refractivity contribution in [2.75, 3.05) is 5.32 Å². The van der Waals surface area contributed by atoms with Crippen LogP contribution in [0.25, 0.3) is 10.8 Å². The van der Waals surface area contributed by atoms with Crippen LogP contribution in [0.2, 0.25) is 0 Å². The molecule has 0 saturated heterocycles. The van der Waals surface area contributed by atoms with E-state index in [1.807, 2.05) is 0 Å². The Labute approximate surface area is 159 Å². The van der Waals surface area contributed by atoms with Gasteiger partial charge in [0, 0.05) is 29.1 Å². The molecule has 0 bridgehead atoms. The van der Waals surface area contributed by atoms with Crippen molar-refractivity contribution in [3.63, 3.8) is 0 Å². The highest BCUT2D eigenvalue weighted by molar-refractivity contribution is 5.92. The number of nitrogens with one attached hydrogen (secondary N) is 1. The molecule has 1 aliphatic carbocycles. The van der Waals surface area contributed by atoms with Gasteiger partial charge in [-0.1, -0.05) is 12.1 Å². The number of benzene rings is 1. The van der Waals surface area contributed by atoms with Crippen molar-refractivity contribution in [2.24, 2.45) is 0 Å². The van der Waals surface area contributed by atoms with Crippen molar-refractivity contribution < 1.29 is 13.2 Å². The van der Waals surface area contributed by atoms with Gasteiger partial charge < -0.3 is 9.88 Å². The second-order valence-corrected chi connectivity index (χ2v) is 7.20. The van der Waals surface area contributed by atoms with Gasteiger partial charge in [0.1, 0.15) is 0 Å². The van der Waals surface area contributed by atoms with Gasteiger partial charge >= 0.3 is 6.18 Å². The van der Waals surface area contributed by atoms with E-state index in [4.69, 9.17) is 0 Å². The molecule has 2 aromatic heterocycles. The van der Waals surface area contributed by atoms with Crippen LogP contribution in [0.3, 0.4) is 0 Å². The SMILES string of the molecule is Cc1nnc(NC(C)c2cccc(C(F)(F)F)c2)c2cn(C3CC3)c(=O)cc12. The summed E-state index contributed by atoms with van der Waals surface area (Å²) in [6.07, 6.45) is -0.691. The Balaban J connectivity index is 1.72. The number of aryl methyl sites for hydroxylation is 1. The zero-order valence-corrected chi connectivity index (χ0v) is 15.4. The Bertz CT molecular complexity index is 1100. The maximum Gasteiger partial charge on any atom is 0.416 e. The zero-order chi connectivity index (χ0) is 20.1. The number of alkyl halides is 3. The van der Waals surface area contributed by atoms with E-state index in [1.165, 1.54) is 6.07 Å². The summed E-state index contributed by atoms with van der Waals surface area (Å²) in [5.74, 6) is 0.444. The maximum atomic E-state index is 13.0. The van der Waals surface area contributed by atoms with Crippen LogP contribution >= 0.6 is 0 Å². The summed E-state index contributed by atoms with van der Waals surface area (Å²) in [6, 6.07) is 6.53. The highest BCUT2D eigenvalue weighted by Crippen LogP contribution is 2.35. The smallest absolute Gasteiger partial charge is 0.361 e. The molecule has 1 aromatic carbocycles. The fourth-order valence-electron chi connectivity index (χ4n) is 3.29. The Kier molecular flexibility index (Phi) is 4.36. The molecule has 4 rings (SSSR count). The fraction of sp³-hybridized carbons (Fsp3) is 0.350. The van der Waals surface area contributed by atoms with Crippen LogP contribution in [-0.4, -0.2) is 14.8 Å². The monoisotopic (exact) mass is 388 g/mol. The minimum absolute atomic E-state index is 0.0806. The van der Waals surface area contributed by atoms with Crippen molar-refractivity contribution in [1.29, 1.82) is 0 Å². The van der Waals surface area contributed by atoms with Crippen LogP contribution in [-0.2, 0) is 6.18 Å². The number of aromatic nitrogens is 3. The van der Waals surface area contributed by atoms with Gasteiger partial charge in [0.2, 0.25) is 0 Å². The highest BCUT2D eigenvalue weighted by atomic mass is 19.4. The summed E-state index contributed by atoms with van der Waals surface area (Å²) < 4.78 is 40.7. The van der Waals surface area contributed by atoms with Crippen LogP contribution < -0.4 is 10.9 Å². The van der Waals surface area contributed by atoms with Crippen molar-refractivity contribution >= 4 is 16.6 Å². The van der Waals surface area contributed by atoms with E-state index < -0.39 is 17.8 Å². The fourth-order valence-corrected chi connectivity index (χ4v) is 3.29. The molecule has 8 heteroatoms. The van der Waals surface area contributed by atoms with Crippen LogP contribution in [0, 0.1) is 6.92 Å². The summed E-state index contributed by atoms with van der Waals surface area (Å²) >= 11 is 0. The average Bonchev–Trinajstić information content (AvgIpc) is 3.48. The Morgan fingerprint density at radius 1 is 1.18 bits per heavy atom. The third-order valence-corrected chi connectivity index (χ3v) is 5.03. The molecule has 1 N–H and O–H groups in total. The minimum Gasteiger partial charge on any atom is -0.361 e. The maximum absolute atomic E-state index is 13.0. The first-order valence-corrected chi connectivity index (χ1v) is 9.07. The normalized spacial score (nSPS) is 15.6. The van der Waals surface area contributed by atoms with Crippen molar-refractivity contribution in [3.8, 4) is 0 Å². The lowest BCUT2D eigenvalue weighted by molar-refractivity contribution is -0.137. The van der Waals surface area contributed by atoms with Gasteiger partial charge in [-0.2, -0.15) is 18.3 Å². The number of hydrogen-bond acceptors (Lipinski definition) is 4. The number of hydrogen-bond donors (Lipinski definition) is 1. The van der Waals surface area contributed by atoms with E-state index in [2.05, 4.69) is 15.5 Å². The molecule has 28 heavy (non-hydrogen) atoms. The molecule has 0 amide bonds. The Morgan fingerprint density at radius 3 is 2.61 bits per heavy atom. The summed E-state index contributed by atoms with van der Waals surface area (Å²) in [5.41, 5.74) is 0.345. The number of pyridine rings is 1. The van der Waals surface area contributed by atoms with E-state index in [0.717, 1.165) is 30.4 Å². The van der Waals surface area contributed by atoms with Gasteiger partial charge in [0.05, 0.1) is 17.3 Å². The van der Waals surface area contributed by atoms with E-state index in [0.29, 0.717) is 22.5 Å². The van der Waals surface area contributed by atoms with Crippen LogP contribution in [0.5, 0.6) is 0 Å². The first-order valence-electron chi connectivity index (χ1n) is 9.07. The largest absolute Gasteiger partial charge is 0.416 e. The first-order chi connectivity index (χ1) is 13.2. The van der Waals surface area contributed by atoms with Gasteiger partial charge in [-0.25, -0.2) is 0 Å². The first kappa shape index (κ1) is 18.5. The summed E-state index contributed by atoms with van der Waals surface area (Å²) in [6.45, 7) is 3.54. The zero-order valence-electron chi connectivity index (χ0n) is 15.4. The predicted octanol–water partition coefficient (Wildman–Crippen LogP) is 4.63. The molecule has 1 fully saturated rings. The molecule has 0 aliphatic heterocycles. The molecule has 146 valence electrons. The van der Waals surface area contributed by atoms with Gasteiger partial charge in [-0.05, 0) is 44.4 Å². The molecule has 2 heterocycles. The van der Waals surface area contributed by atoms with Gasteiger partial charge in [0.15, 0.2) is 5.82 Å². The van der Waals surface area contributed by atoms with Crippen LogP contribution in [0.1, 0.15) is 48.7 Å². The lowest BCUT2D eigenvalue weighted by Crippen LogP contribution is -2.18. The number of anilines is 1. The van der Waals surface area contributed by atoms with Gasteiger partial charge in [-0.15, -0.1) is 5.10 Å². The van der Waals surface area contributed by atoms with Gasteiger partial charge in [-0.3, -0.25) is 4.79 Å². The molecule has 0 spiro atoms. The Hall–Kier alpha value is -2.90. The van der Waals surface area contributed by atoms with E-state index in [1.54, 1.807) is 36.7 Å². The van der Waals surface area contributed by atoms with Crippen molar-refractivity contribution in [1.82, 2.24) is 14.8 Å². The molecular formula is C20H19F3N4O. The van der Waals surface area contributed by atoms with Gasteiger partial charge in [0.25, 0.3) is 5.56 Å². The highest BCUT2D eigenvalue weighted by Gasteiger charge is 2.31. The third kappa shape index (κ3) is 3.46. The second kappa shape index (κ2) is 6.61. The summed E-state index contributed by atoms with van der Waals surface area (Å²) in [7, 11) is 0. The number of fused-ring (bicyclic) bond motifs is 1. The van der Waals surface area contributed by atoms with E-state index in [9.17, 15) is 18.0 Å². The van der Waals surface area contributed by atoms with Crippen LogP contribution in [0.15, 0.2) is 41.3 Å². The molecule has 1 aliphatic rings. The van der Waals surface area contributed by atoms with Crippen LogP contribution in [0.4, 0.5) is 19.0 Å². The third-order valence-electron chi connectivity index (χ3n) is 5.03. The second-order valence-electron chi connectivity index (χ2n) is 7.20. The van der Waals surface area contributed by atoms with E-state index in [-0.39, 0.29) is 11.6 Å². The topological polar surface area (TPSA) is 59.8 Å². The Morgan fingerprint density at radius 2 is 1.93 bits per heavy atom. The quantitative estimate of drug-likeness (QED) is 0.708. The molecule has 3 aromatic rings. The van der Waals surface area contributed by atoms with Crippen molar-refractivity contribution in [3.05, 3.63) is 63.7 Å². The molecule has 5 nitrogen and oxygen atoms in total. The molecule has 1 atom stereocenters. The van der Waals surface area contributed by atoms with E-state index >= 15 is 0 Å². The van der Waals surface area contributed by atoms with Crippen molar-refractivity contribution in [2.45, 2.75) is 44.9 Å². The molecular weight excluding hydrogens is 369 g/mol. The molecule has 1 unspecified atom stereocenters. The summed E-state index contributed by atoms with van der Waals surface area (Å²) in [4.78, 5) is 12.3. The standard InChI is InChI=1S/C20H19F3N4O/c1-11(13-4-3-5-14(8-13)20(21,22)23)24-19-17-10-27(15-6-7-15)18(28)9-16(17)12(2)25-26-19/h3-5,8-11,15H,6-7H2,1-2H3,(H,24,26). The lowest BCUT2D eigenvalue weighted by atomic mass is 10.0. The molecule has 1 saturated carbocycles. The lowest BCUT2D eigenvalue weighted by Gasteiger charge is -2.18. The molecule has 0 radical (unpaired) electrons. The number of halogens is 3. The number of nitrogens with zero attached hydrogens (tertiary/aromatic N) is 3. The average molecular weight is 388 g/mol. The predicted molar refractivity (Wildman–Crippen MR) is 100 cm³/mol. The summed E-state index contributed by atoms with van der Waals surface area (Å²) in [5, 5.41) is 12.9. The minimum atomic E-state index is -4.40.